The van der Waals surface area contributed by atoms with Crippen molar-refractivity contribution in [2.24, 2.45) is 0 Å². The van der Waals surface area contributed by atoms with Gasteiger partial charge in [-0.15, -0.1) is 0 Å². The molecule has 7 heteroatoms. The maximum Gasteiger partial charge on any atom is 0.123 e. The molecule has 0 bridgehead atoms. The van der Waals surface area contributed by atoms with E-state index in [1.807, 2.05) is 35.0 Å². The van der Waals surface area contributed by atoms with E-state index in [1.54, 1.807) is 24.7 Å². The van der Waals surface area contributed by atoms with E-state index in [2.05, 4.69) is 4.98 Å². The fourth-order valence-electron chi connectivity index (χ4n) is 4.05. The van der Waals surface area contributed by atoms with Gasteiger partial charge in [0.15, 0.2) is 0 Å². The highest BCUT2D eigenvalue weighted by Gasteiger charge is 2.46. The van der Waals surface area contributed by atoms with Gasteiger partial charge in [0.1, 0.15) is 17.4 Å². The van der Waals surface area contributed by atoms with Crippen LogP contribution in [0.3, 0.4) is 0 Å². The van der Waals surface area contributed by atoms with Crippen molar-refractivity contribution in [3.63, 3.8) is 0 Å². The fraction of sp³-hybridized carbons (Fsp3) is 0.348. The summed E-state index contributed by atoms with van der Waals surface area (Å²) in [7, 11) is 1.93. The van der Waals surface area contributed by atoms with E-state index in [-0.39, 0.29) is 17.7 Å². The molecule has 1 aliphatic heterocycles. The summed E-state index contributed by atoms with van der Waals surface area (Å²) in [6.07, 6.45) is 7.85. The number of hydrogen-bond acceptors (Lipinski definition) is 4. The molecule has 2 aromatic carbocycles. The molecular formula is C23H25F2N3O2. The van der Waals surface area contributed by atoms with Crippen molar-refractivity contribution in [3.8, 4) is 5.75 Å². The number of aromatic nitrogens is 2. The molecule has 1 aliphatic rings. The second kappa shape index (κ2) is 8.93. The normalized spacial score (nSPS) is 21.8. The monoisotopic (exact) mass is 413 g/mol. The van der Waals surface area contributed by atoms with Crippen molar-refractivity contribution in [1.82, 2.24) is 14.6 Å². The van der Waals surface area contributed by atoms with Crippen LogP contribution in [0.15, 0.2) is 67.3 Å². The highest BCUT2D eigenvalue weighted by Crippen LogP contribution is 2.42. The van der Waals surface area contributed by atoms with E-state index in [0.29, 0.717) is 18.9 Å². The Morgan fingerprint density at radius 1 is 1.10 bits per heavy atom. The predicted octanol–water partition coefficient (Wildman–Crippen LogP) is 4.55. The van der Waals surface area contributed by atoms with Gasteiger partial charge in [-0.3, -0.25) is 4.84 Å². The van der Waals surface area contributed by atoms with E-state index in [9.17, 15) is 8.78 Å². The number of imidazole rings is 1. The number of rotatable bonds is 8. The van der Waals surface area contributed by atoms with Gasteiger partial charge in [-0.05, 0) is 54.8 Å². The Bertz CT molecular complexity index is 932. The van der Waals surface area contributed by atoms with Gasteiger partial charge in [-0.1, -0.05) is 12.1 Å². The third-order valence-electron chi connectivity index (χ3n) is 5.61. The molecule has 0 spiro atoms. The minimum Gasteiger partial charge on any atom is -0.494 e. The van der Waals surface area contributed by atoms with Crippen molar-refractivity contribution >= 4 is 0 Å². The van der Waals surface area contributed by atoms with Crippen LogP contribution in [0.25, 0.3) is 0 Å². The third kappa shape index (κ3) is 4.52. The Hall–Kier alpha value is -2.77. The summed E-state index contributed by atoms with van der Waals surface area (Å²) >= 11 is 0. The Morgan fingerprint density at radius 3 is 2.47 bits per heavy atom. The average Bonchev–Trinajstić information content (AvgIpc) is 3.36. The smallest absolute Gasteiger partial charge is 0.123 e. The van der Waals surface area contributed by atoms with Crippen molar-refractivity contribution in [2.75, 3.05) is 13.7 Å². The molecule has 30 heavy (non-hydrogen) atoms. The first-order valence-corrected chi connectivity index (χ1v) is 10.1. The van der Waals surface area contributed by atoms with Gasteiger partial charge in [0.2, 0.25) is 0 Å². The van der Waals surface area contributed by atoms with Gasteiger partial charge in [0.05, 0.1) is 24.6 Å². The Labute approximate surface area is 174 Å². The molecule has 2 heterocycles. The lowest BCUT2D eigenvalue weighted by atomic mass is 9.84. The van der Waals surface area contributed by atoms with Crippen LogP contribution in [0.1, 0.15) is 24.8 Å². The first kappa shape index (κ1) is 20.5. The van der Waals surface area contributed by atoms with Gasteiger partial charge >= 0.3 is 0 Å². The van der Waals surface area contributed by atoms with Crippen LogP contribution in [-0.4, -0.2) is 34.4 Å². The molecule has 1 aromatic heterocycles. The Morgan fingerprint density at radius 2 is 1.80 bits per heavy atom. The number of ether oxygens (including phenoxy) is 1. The lowest BCUT2D eigenvalue weighted by Crippen LogP contribution is -2.41. The Kier molecular flexibility index (Phi) is 6.11. The quantitative estimate of drug-likeness (QED) is 0.508. The van der Waals surface area contributed by atoms with Crippen LogP contribution in [0.4, 0.5) is 8.78 Å². The molecule has 0 aliphatic carbocycles. The first-order valence-electron chi connectivity index (χ1n) is 10.1. The largest absolute Gasteiger partial charge is 0.494 e. The summed E-state index contributed by atoms with van der Waals surface area (Å²) in [5.41, 5.74) is 0.585. The highest BCUT2D eigenvalue weighted by molar-refractivity contribution is 5.26. The minimum absolute atomic E-state index is 0.0143. The van der Waals surface area contributed by atoms with Gasteiger partial charge in [-0.25, -0.2) is 13.8 Å². The second-order valence-electron chi connectivity index (χ2n) is 7.65. The topological polar surface area (TPSA) is 39.5 Å². The van der Waals surface area contributed by atoms with E-state index >= 15 is 0 Å². The van der Waals surface area contributed by atoms with Crippen LogP contribution < -0.4 is 4.74 Å². The zero-order valence-electron chi connectivity index (χ0n) is 16.9. The molecule has 1 saturated heterocycles. The van der Waals surface area contributed by atoms with Crippen LogP contribution in [0.2, 0.25) is 0 Å². The summed E-state index contributed by atoms with van der Waals surface area (Å²) in [6.45, 7) is 1.18. The van der Waals surface area contributed by atoms with E-state index in [1.165, 1.54) is 24.3 Å². The third-order valence-corrected chi connectivity index (χ3v) is 5.61. The average molecular weight is 413 g/mol. The molecule has 4 rings (SSSR count). The SMILES string of the molecule is CN1OC(CCCOc2ccc(F)cc2)CC1(Cn1ccnc1)c1ccc(F)cc1. The second-order valence-corrected chi connectivity index (χ2v) is 7.65. The summed E-state index contributed by atoms with van der Waals surface area (Å²) in [6, 6.07) is 12.7. The van der Waals surface area contributed by atoms with Crippen molar-refractivity contribution < 1.29 is 18.4 Å². The molecule has 158 valence electrons. The highest BCUT2D eigenvalue weighted by atomic mass is 19.1. The number of benzene rings is 2. The zero-order chi connectivity index (χ0) is 21.0. The minimum atomic E-state index is -0.420. The summed E-state index contributed by atoms with van der Waals surface area (Å²) in [5, 5.41) is 1.89. The predicted molar refractivity (Wildman–Crippen MR) is 109 cm³/mol. The van der Waals surface area contributed by atoms with Crippen LogP contribution >= 0.6 is 0 Å². The van der Waals surface area contributed by atoms with E-state index in [0.717, 1.165) is 24.8 Å². The van der Waals surface area contributed by atoms with Crippen molar-refractivity contribution in [2.45, 2.75) is 37.5 Å². The number of halogens is 2. The van der Waals surface area contributed by atoms with Gasteiger partial charge in [-0.2, -0.15) is 5.06 Å². The van der Waals surface area contributed by atoms with Gasteiger partial charge in [0, 0.05) is 32.4 Å². The van der Waals surface area contributed by atoms with Crippen LogP contribution in [0.5, 0.6) is 5.75 Å². The summed E-state index contributed by atoms with van der Waals surface area (Å²) in [5.74, 6) is 0.119. The summed E-state index contributed by atoms with van der Waals surface area (Å²) in [4.78, 5) is 10.3. The maximum absolute atomic E-state index is 13.5. The molecule has 0 amide bonds. The number of hydrogen-bond donors (Lipinski definition) is 0. The summed E-state index contributed by atoms with van der Waals surface area (Å²) < 4.78 is 34.2. The molecule has 0 radical (unpaired) electrons. The van der Waals surface area contributed by atoms with Crippen LogP contribution in [0, 0.1) is 11.6 Å². The molecule has 2 unspecified atom stereocenters. The zero-order valence-corrected chi connectivity index (χ0v) is 16.9. The molecule has 0 N–H and O–H groups in total. The number of hydroxylamine groups is 2. The van der Waals surface area contributed by atoms with E-state index in [4.69, 9.17) is 9.57 Å². The van der Waals surface area contributed by atoms with Crippen molar-refractivity contribution in [3.05, 3.63) is 84.4 Å². The molecular weight excluding hydrogens is 388 g/mol. The molecule has 2 atom stereocenters. The standard InChI is InChI=1S/C23H25F2N3O2/c1-27-23(16-28-13-12-26-17-28,18-4-6-19(24)7-5-18)15-22(30-27)3-2-14-29-21-10-8-20(25)9-11-21/h4-13,17,22H,2-3,14-16H2,1H3. The molecule has 1 fully saturated rings. The van der Waals surface area contributed by atoms with Crippen molar-refractivity contribution in [1.29, 1.82) is 0 Å². The van der Waals surface area contributed by atoms with Gasteiger partial charge < -0.3 is 9.30 Å². The first-order chi connectivity index (χ1) is 14.5. The van der Waals surface area contributed by atoms with Crippen LogP contribution in [-0.2, 0) is 16.9 Å². The number of likely N-dealkylation sites (N-methyl/N-ethyl adjacent to an activating group) is 1. The van der Waals surface area contributed by atoms with Gasteiger partial charge in [0.25, 0.3) is 0 Å². The van der Waals surface area contributed by atoms with E-state index < -0.39 is 5.54 Å². The molecule has 0 saturated carbocycles. The molecule has 3 aromatic rings. The number of nitrogens with zero attached hydrogens (tertiary/aromatic N) is 3. The maximum atomic E-state index is 13.5. The fourth-order valence-corrected chi connectivity index (χ4v) is 4.05. The lowest BCUT2D eigenvalue weighted by molar-refractivity contribution is -0.176. The molecule has 5 nitrogen and oxygen atoms in total. The Balaban J connectivity index is 1.41. The lowest BCUT2D eigenvalue weighted by Gasteiger charge is -2.34.